The number of benzene rings is 2. The minimum absolute atomic E-state index is 0.218. The molecule has 1 aromatic heterocycles. The Kier molecular flexibility index (Phi) is 6.64. The number of carbonyl (C=O) groups excluding carboxylic acids is 2. The lowest BCUT2D eigenvalue weighted by molar-refractivity contribution is -0.116. The van der Waals surface area contributed by atoms with Gasteiger partial charge in [0, 0.05) is 22.3 Å². The smallest absolute Gasteiger partial charge is 0.340 e. The molecule has 0 spiro atoms. The number of anilines is 1. The Morgan fingerprint density at radius 2 is 1.83 bits per heavy atom. The summed E-state index contributed by atoms with van der Waals surface area (Å²) in [5.74, 6) is -0.662. The Morgan fingerprint density at radius 1 is 1.13 bits per heavy atom. The Morgan fingerprint density at radius 3 is 2.53 bits per heavy atom. The van der Waals surface area contributed by atoms with Crippen molar-refractivity contribution in [2.24, 2.45) is 0 Å². The van der Waals surface area contributed by atoms with Crippen LogP contribution < -0.4 is 10.9 Å². The van der Waals surface area contributed by atoms with Crippen LogP contribution in [0.4, 0.5) is 5.69 Å². The molecule has 7 nitrogen and oxygen atoms in total. The molecule has 0 aliphatic rings. The van der Waals surface area contributed by atoms with Gasteiger partial charge in [-0.3, -0.25) is 14.2 Å². The predicted octanol–water partition coefficient (Wildman–Crippen LogP) is 3.69. The number of nitrogens with zero attached hydrogens (tertiary/aromatic N) is 2. The van der Waals surface area contributed by atoms with Crippen molar-refractivity contribution >= 4 is 29.2 Å². The van der Waals surface area contributed by atoms with Gasteiger partial charge in [-0.2, -0.15) is 0 Å². The molecule has 30 heavy (non-hydrogen) atoms. The van der Waals surface area contributed by atoms with Gasteiger partial charge in [0.15, 0.2) is 0 Å². The molecule has 1 N–H and O–H groups in total. The molecule has 0 aliphatic carbocycles. The molecule has 0 saturated heterocycles. The van der Waals surface area contributed by atoms with Crippen LogP contribution in [0.1, 0.15) is 23.0 Å². The largest absolute Gasteiger partial charge is 0.462 e. The summed E-state index contributed by atoms with van der Waals surface area (Å²) in [6.45, 7) is 3.35. The van der Waals surface area contributed by atoms with Gasteiger partial charge in [-0.15, -0.1) is 0 Å². The van der Waals surface area contributed by atoms with Crippen molar-refractivity contribution in [1.82, 2.24) is 9.55 Å². The van der Waals surface area contributed by atoms with Crippen molar-refractivity contribution in [3.63, 3.8) is 0 Å². The maximum absolute atomic E-state index is 12.7. The van der Waals surface area contributed by atoms with Gasteiger partial charge in [-0.25, -0.2) is 9.78 Å². The number of amides is 1. The highest BCUT2D eigenvalue weighted by molar-refractivity contribution is 6.30. The van der Waals surface area contributed by atoms with Crippen LogP contribution >= 0.6 is 11.6 Å². The quantitative estimate of drug-likeness (QED) is 0.608. The Hall–Kier alpha value is -3.45. The third-order valence-corrected chi connectivity index (χ3v) is 4.49. The van der Waals surface area contributed by atoms with E-state index in [1.807, 2.05) is 0 Å². The van der Waals surface area contributed by atoms with E-state index in [9.17, 15) is 14.4 Å². The highest BCUT2D eigenvalue weighted by Crippen LogP contribution is 2.20. The topological polar surface area (TPSA) is 90.3 Å². The third kappa shape index (κ3) is 4.93. The molecule has 1 heterocycles. The van der Waals surface area contributed by atoms with Crippen molar-refractivity contribution in [2.75, 3.05) is 11.9 Å². The van der Waals surface area contributed by atoms with Gasteiger partial charge in [-0.1, -0.05) is 23.7 Å². The van der Waals surface area contributed by atoms with Crippen molar-refractivity contribution in [3.05, 3.63) is 81.2 Å². The average molecular weight is 426 g/mol. The van der Waals surface area contributed by atoms with Crippen LogP contribution in [0.5, 0.6) is 0 Å². The molecule has 0 aliphatic heterocycles. The summed E-state index contributed by atoms with van der Waals surface area (Å²) in [4.78, 5) is 41.9. The summed E-state index contributed by atoms with van der Waals surface area (Å²) >= 11 is 5.95. The Bertz CT molecular complexity index is 1140. The van der Waals surface area contributed by atoms with Gasteiger partial charge in [0.2, 0.25) is 5.91 Å². The normalized spacial score (nSPS) is 10.5. The number of esters is 1. The second kappa shape index (κ2) is 9.37. The van der Waals surface area contributed by atoms with Gasteiger partial charge in [0.1, 0.15) is 12.4 Å². The molecule has 3 rings (SSSR count). The zero-order chi connectivity index (χ0) is 21.7. The van der Waals surface area contributed by atoms with Gasteiger partial charge in [-0.05, 0) is 50.2 Å². The summed E-state index contributed by atoms with van der Waals surface area (Å²) in [7, 11) is 0. The first-order valence-corrected chi connectivity index (χ1v) is 9.67. The standard InChI is InChI=1S/C22H20ClN3O4/c1-3-30-22(29)17-6-4-5-7-18(17)25-19(27)13-26-20(28)12-14(2)24-21(26)15-8-10-16(23)11-9-15/h4-12H,3,13H2,1-2H3,(H,25,27). The van der Waals surface area contributed by atoms with E-state index in [-0.39, 0.29) is 24.3 Å². The van der Waals surface area contributed by atoms with E-state index >= 15 is 0 Å². The minimum Gasteiger partial charge on any atom is -0.462 e. The summed E-state index contributed by atoms with van der Waals surface area (Å²) in [5, 5.41) is 3.23. The molecule has 154 valence electrons. The molecule has 2 aromatic carbocycles. The van der Waals surface area contributed by atoms with Crippen LogP contribution in [-0.4, -0.2) is 28.0 Å². The van der Waals surface area contributed by atoms with Gasteiger partial charge < -0.3 is 10.1 Å². The van der Waals surface area contributed by atoms with E-state index in [1.165, 1.54) is 10.6 Å². The number of aromatic nitrogens is 2. The fourth-order valence-electron chi connectivity index (χ4n) is 2.91. The zero-order valence-electron chi connectivity index (χ0n) is 16.5. The van der Waals surface area contributed by atoms with Gasteiger partial charge >= 0.3 is 5.97 Å². The van der Waals surface area contributed by atoms with E-state index in [2.05, 4.69) is 10.3 Å². The number of hydrogen-bond donors (Lipinski definition) is 1. The van der Waals surface area contributed by atoms with E-state index in [1.54, 1.807) is 62.4 Å². The highest BCUT2D eigenvalue weighted by Gasteiger charge is 2.17. The fraction of sp³-hybridized carbons (Fsp3) is 0.182. The summed E-state index contributed by atoms with van der Waals surface area (Å²) in [5.41, 5.74) is 1.37. The SMILES string of the molecule is CCOC(=O)c1ccccc1NC(=O)Cn1c(-c2ccc(Cl)cc2)nc(C)cc1=O. The predicted molar refractivity (Wildman–Crippen MR) is 115 cm³/mol. The molecular formula is C22H20ClN3O4. The molecule has 0 saturated carbocycles. The van der Waals surface area contributed by atoms with Crippen molar-refractivity contribution < 1.29 is 14.3 Å². The fourth-order valence-corrected chi connectivity index (χ4v) is 3.03. The highest BCUT2D eigenvalue weighted by atomic mass is 35.5. The Labute approximate surface area is 178 Å². The van der Waals surface area contributed by atoms with E-state index in [4.69, 9.17) is 16.3 Å². The first-order chi connectivity index (χ1) is 14.4. The molecule has 3 aromatic rings. The zero-order valence-corrected chi connectivity index (χ0v) is 17.3. The molecule has 0 fully saturated rings. The lowest BCUT2D eigenvalue weighted by Crippen LogP contribution is -2.30. The van der Waals surface area contributed by atoms with Gasteiger partial charge in [0.25, 0.3) is 5.56 Å². The molecule has 0 radical (unpaired) electrons. The number of rotatable bonds is 6. The van der Waals surface area contributed by atoms with Crippen LogP contribution in [0.3, 0.4) is 0 Å². The maximum Gasteiger partial charge on any atom is 0.340 e. The monoisotopic (exact) mass is 425 g/mol. The molecule has 0 atom stereocenters. The summed E-state index contributed by atoms with van der Waals surface area (Å²) in [6.07, 6.45) is 0. The number of halogens is 1. The van der Waals surface area contributed by atoms with Crippen LogP contribution in [-0.2, 0) is 16.1 Å². The summed E-state index contributed by atoms with van der Waals surface area (Å²) in [6, 6.07) is 14.7. The van der Waals surface area contributed by atoms with E-state index in [0.29, 0.717) is 27.8 Å². The van der Waals surface area contributed by atoms with E-state index in [0.717, 1.165) is 0 Å². The number of para-hydroxylation sites is 1. The number of aryl methyl sites for hydroxylation is 1. The van der Waals surface area contributed by atoms with Crippen molar-refractivity contribution in [1.29, 1.82) is 0 Å². The molecule has 0 bridgehead atoms. The van der Waals surface area contributed by atoms with Crippen LogP contribution in [0, 0.1) is 6.92 Å². The lowest BCUT2D eigenvalue weighted by atomic mass is 10.1. The Balaban J connectivity index is 1.91. The van der Waals surface area contributed by atoms with Crippen molar-refractivity contribution in [2.45, 2.75) is 20.4 Å². The van der Waals surface area contributed by atoms with Gasteiger partial charge in [0.05, 0.1) is 17.9 Å². The third-order valence-electron chi connectivity index (χ3n) is 4.24. The minimum atomic E-state index is -0.538. The first-order valence-electron chi connectivity index (χ1n) is 9.29. The molecule has 0 unspecified atom stereocenters. The molecule has 1 amide bonds. The summed E-state index contributed by atoms with van der Waals surface area (Å²) < 4.78 is 6.30. The van der Waals surface area contributed by atoms with E-state index < -0.39 is 11.9 Å². The number of ether oxygens (including phenoxy) is 1. The van der Waals surface area contributed by atoms with Crippen LogP contribution in [0.25, 0.3) is 11.4 Å². The second-order valence-corrected chi connectivity index (χ2v) is 6.90. The maximum atomic E-state index is 12.7. The van der Waals surface area contributed by atoms with Crippen LogP contribution in [0.15, 0.2) is 59.4 Å². The number of hydrogen-bond acceptors (Lipinski definition) is 5. The number of nitrogens with one attached hydrogen (secondary N) is 1. The molecule has 8 heteroatoms. The molecular weight excluding hydrogens is 406 g/mol. The number of carbonyl (C=O) groups is 2. The van der Waals surface area contributed by atoms with Crippen LogP contribution in [0.2, 0.25) is 5.02 Å². The first kappa shape index (κ1) is 21.3. The lowest BCUT2D eigenvalue weighted by Gasteiger charge is -2.14. The van der Waals surface area contributed by atoms with Crippen molar-refractivity contribution in [3.8, 4) is 11.4 Å². The second-order valence-electron chi connectivity index (χ2n) is 6.47. The average Bonchev–Trinajstić information content (AvgIpc) is 2.71.